The van der Waals surface area contributed by atoms with E-state index in [4.69, 9.17) is 0 Å². The SMILES string of the molecule is CC(=O)c1cccc(NC(=O)CSCC(=O)Nc2cccc(C)c2)c1. The van der Waals surface area contributed by atoms with Crippen molar-refractivity contribution in [3.63, 3.8) is 0 Å². The number of Topliss-reactive ketones (excluding diaryl/α,β-unsaturated/α-hetero) is 1. The number of hydrogen-bond donors (Lipinski definition) is 2. The average molecular weight is 356 g/mol. The van der Waals surface area contributed by atoms with Crippen molar-refractivity contribution < 1.29 is 14.4 Å². The van der Waals surface area contributed by atoms with Crippen molar-refractivity contribution in [3.8, 4) is 0 Å². The van der Waals surface area contributed by atoms with Crippen LogP contribution >= 0.6 is 11.8 Å². The summed E-state index contributed by atoms with van der Waals surface area (Å²) in [4.78, 5) is 35.2. The van der Waals surface area contributed by atoms with Gasteiger partial charge in [0.05, 0.1) is 11.5 Å². The van der Waals surface area contributed by atoms with Crippen LogP contribution in [0.3, 0.4) is 0 Å². The standard InChI is InChI=1S/C19H20N2O3S/c1-13-5-3-7-16(9-13)20-18(23)11-25-12-19(24)21-17-8-4-6-15(10-17)14(2)22/h3-10H,11-12H2,1-2H3,(H,20,23)(H,21,24). The van der Waals surface area contributed by atoms with Crippen molar-refractivity contribution in [2.45, 2.75) is 13.8 Å². The van der Waals surface area contributed by atoms with E-state index in [1.165, 1.54) is 18.7 Å². The second-order valence-corrected chi connectivity index (χ2v) is 6.58. The summed E-state index contributed by atoms with van der Waals surface area (Å²) >= 11 is 1.23. The third-order valence-electron chi connectivity index (χ3n) is 3.32. The van der Waals surface area contributed by atoms with Gasteiger partial charge < -0.3 is 10.6 Å². The quantitative estimate of drug-likeness (QED) is 0.745. The first kappa shape index (κ1) is 18.7. The Morgan fingerprint density at radius 3 is 2.00 bits per heavy atom. The fraction of sp³-hybridized carbons (Fsp3) is 0.211. The molecule has 0 unspecified atom stereocenters. The van der Waals surface area contributed by atoms with Crippen molar-refractivity contribution in [2.24, 2.45) is 0 Å². The van der Waals surface area contributed by atoms with Crippen molar-refractivity contribution in [2.75, 3.05) is 22.1 Å². The van der Waals surface area contributed by atoms with Crippen molar-refractivity contribution in [1.82, 2.24) is 0 Å². The topological polar surface area (TPSA) is 75.3 Å². The molecule has 0 aliphatic carbocycles. The number of ketones is 1. The monoisotopic (exact) mass is 356 g/mol. The Kier molecular flexibility index (Phi) is 6.77. The number of amides is 2. The van der Waals surface area contributed by atoms with Gasteiger partial charge in [0.2, 0.25) is 11.8 Å². The number of hydrogen-bond acceptors (Lipinski definition) is 4. The lowest BCUT2D eigenvalue weighted by molar-refractivity contribution is -0.114. The number of anilines is 2. The first-order valence-electron chi connectivity index (χ1n) is 7.79. The number of nitrogens with one attached hydrogen (secondary N) is 2. The van der Waals surface area contributed by atoms with E-state index in [9.17, 15) is 14.4 Å². The summed E-state index contributed by atoms with van der Waals surface area (Å²) in [6, 6.07) is 14.3. The first-order chi connectivity index (χ1) is 11.9. The molecule has 0 bridgehead atoms. The lowest BCUT2D eigenvalue weighted by Crippen LogP contribution is -2.18. The van der Waals surface area contributed by atoms with Gasteiger partial charge in [0.1, 0.15) is 0 Å². The van der Waals surface area contributed by atoms with Crippen LogP contribution in [0.1, 0.15) is 22.8 Å². The molecule has 0 aliphatic rings. The second kappa shape index (κ2) is 9.03. The summed E-state index contributed by atoms with van der Waals surface area (Å²) in [6.07, 6.45) is 0. The highest BCUT2D eigenvalue weighted by Gasteiger charge is 2.08. The van der Waals surface area contributed by atoms with E-state index in [2.05, 4.69) is 10.6 Å². The maximum Gasteiger partial charge on any atom is 0.234 e. The molecule has 0 saturated heterocycles. The Bertz CT molecular complexity index is 790. The molecular formula is C19H20N2O3S. The molecule has 0 atom stereocenters. The predicted octanol–water partition coefficient (Wildman–Crippen LogP) is 3.51. The average Bonchev–Trinajstić information content (AvgIpc) is 2.55. The number of benzene rings is 2. The maximum absolute atomic E-state index is 11.9. The molecule has 2 rings (SSSR count). The molecule has 0 heterocycles. The lowest BCUT2D eigenvalue weighted by atomic mass is 10.1. The summed E-state index contributed by atoms with van der Waals surface area (Å²) in [6.45, 7) is 3.43. The Labute approximate surface area is 151 Å². The summed E-state index contributed by atoms with van der Waals surface area (Å²) in [5.74, 6) is -0.0743. The summed E-state index contributed by atoms with van der Waals surface area (Å²) in [5.41, 5.74) is 2.93. The smallest absolute Gasteiger partial charge is 0.234 e. The van der Waals surface area contributed by atoms with E-state index in [0.29, 0.717) is 11.3 Å². The molecule has 0 spiro atoms. The van der Waals surface area contributed by atoms with Gasteiger partial charge in [-0.05, 0) is 43.7 Å². The molecule has 2 aromatic carbocycles. The first-order valence-corrected chi connectivity index (χ1v) is 8.94. The molecule has 5 nitrogen and oxygen atoms in total. The minimum Gasteiger partial charge on any atom is -0.325 e. The molecule has 130 valence electrons. The van der Waals surface area contributed by atoms with Gasteiger partial charge in [0.25, 0.3) is 0 Å². The number of thioether (sulfide) groups is 1. The van der Waals surface area contributed by atoms with Gasteiger partial charge in [-0.15, -0.1) is 11.8 Å². The van der Waals surface area contributed by atoms with Gasteiger partial charge in [-0.3, -0.25) is 14.4 Å². The Hall–Kier alpha value is -2.60. The predicted molar refractivity (Wildman–Crippen MR) is 102 cm³/mol. The van der Waals surface area contributed by atoms with Gasteiger partial charge in [-0.1, -0.05) is 24.3 Å². The van der Waals surface area contributed by atoms with Crippen molar-refractivity contribution in [1.29, 1.82) is 0 Å². The zero-order valence-corrected chi connectivity index (χ0v) is 15.0. The summed E-state index contributed by atoms with van der Waals surface area (Å²) < 4.78 is 0. The maximum atomic E-state index is 11.9. The van der Waals surface area contributed by atoms with Crippen LogP contribution in [-0.2, 0) is 9.59 Å². The molecule has 0 saturated carbocycles. The van der Waals surface area contributed by atoms with E-state index in [1.54, 1.807) is 24.3 Å². The normalized spacial score (nSPS) is 10.2. The highest BCUT2D eigenvalue weighted by molar-refractivity contribution is 8.00. The zero-order valence-electron chi connectivity index (χ0n) is 14.2. The number of carbonyl (C=O) groups excluding carboxylic acids is 3. The van der Waals surface area contributed by atoms with Crippen molar-refractivity contribution in [3.05, 3.63) is 59.7 Å². The fourth-order valence-electron chi connectivity index (χ4n) is 2.17. The zero-order chi connectivity index (χ0) is 18.2. The molecule has 0 fully saturated rings. The molecular weight excluding hydrogens is 336 g/mol. The number of rotatable bonds is 7. The van der Waals surface area contributed by atoms with Gasteiger partial charge >= 0.3 is 0 Å². The van der Waals surface area contributed by atoms with E-state index < -0.39 is 0 Å². The molecule has 25 heavy (non-hydrogen) atoms. The van der Waals surface area contributed by atoms with Crippen LogP contribution in [0.15, 0.2) is 48.5 Å². The third-order valence-corrected chi connectivity index (χ3v) is 4.25. The number of aryl methyl sites for hydroxylation is 1. The van der Waals surface area contributed by atoms with E-state index in [1.807, 2.05) is 31.2 Å². The van der Waals surface area contributed by atoms with Crippen LogP contribution in [0.4, 0.5) is 11.4 Å². The second-order valence-electron chi connectivity index (χ2n) is 5.60. The highest BCUT2D eigenvalue weighted by Crippen LogP contribution is 2.13. The molecule has 0 aromatic heterocycles. The summed E-state index contributed by atoms with van der Waals surface area (Å²) in [7, 11) is 0. The van der Waals surface area contributed by atoms with Crippen LogP contribution in [0.25, 0.3) is 0 Å². The molecule has 6 heteroatoms. The van der Waals surface area contributed by atoms with Crippen LogP contribution in [0, 0.1) is 6.92 Å². The Morgan fingerprint density at radius 1 is 0.880 bits per heavy atom. The summed E-state index contributed by atoms with van der Waals surface area (Å²) in [5, 5.41) is 5.52. The molecule has 2 amide bonds. The Balaban J connectivity index is 1.75. The number of carbonyl (C=O) groups is 3. The molecule has 2 aromatic rings. The van der Waals surface area contributed by atoms with Crippen LogP contribution in [0.2, 0.25) is 0 Å². The third kappa shape index (κ3) is 6.43. The largest absolute Gasteiger partial charge is 0.325 e. The van der Waals surface area contributed by atoms with Gasteiger partial charge in [0.15, 0.2) is 5.78 Å². The molecule has 0 radical (unpaired) electrons. The van der Waals surface area contributed by atoms with Crippen LogP contribution in [-0.4, -0.2) is 29.1 Å². The molecule has 2 N–H and O–H groups in total. The van der Waals surface area contributed by atoms with Crippen LogP contribution < -0.4 is 10.6 Å². The minimum atomic E-state index is -0.214. The fourth-order valence-corrected chi connectivity index (χ4v) is 2.79. The van der Waals surface area contributed by atoms with Gasteiger partial charge in [0, 0.05) is 16.9 Å². The molecule has 0 aliphatic heterocycles. The van der Waals surface area contributed by atoms with Crippen LogP contribution in [0.5, 0.6) is 0 Å². The van der Waals surface area contributed by atoms with E-state index in [-0.39, 0.29) is 29.1 Å². The van der Waals surface area contributed by atoms with Crippen molar-refractivity contribution >= 4 is 40.7 Å². The van der Waals surface area contributed by atoms with E-state index >= 15 is 0 Å². The highest BCUT2D eigenvalue weighted by atomic mass is 32.2. The lowest BCUT2D eigenvalue weighted by Gasteiger charge is -2.07. The van der Waals surface area contributed by atoms with Gasteiger partial charge in [-0.2, -0.15) is 0 Å². The van der Waals surface area contributed by atoms with Gasteiger partial charge in [-0.25, -0.2) is 0 Å². The Morgan fingerprint density at radius 2 is 1.44 bits per heavy atom. The minimum absolute atomic E-state index is 0.0571. The van der Waals surface area contributed by atoms with E-state index in [0.717, 1.165) is 11.3 Å².